The number of ether oxygens (including phenoxy) is 2. The van der Waals surface area contributed by atoms with E-state index in [-0.39, 0.29) is 17.5 Å². The standard InChI is InChI=1S/C29H30INO4/c1-17-10-12-18(13-11-17)16-35-29-20(30)14-19(15-25(29)34-3)26-27-21(6-4-8-23(27)32)31(2)22-7-5-9-24(33)28(22)26/h10-15,26H,4-9,16H2,1-3H3. The minimum absolute atomic E-state index is 0.154. The average molecular weight is 583 g/mol. The zero-order valence-electron chi connectivity index (χ0n) is 20.4. The van der Waals surface area contributed by atoms with Gasteiger partial charge in [-0.2, -0.15) is 0 Å². The van der Waals surface area contributed by atoms with Crippen molar-refractivity contribution in [3.8, 4) is 11.5 Å². The van der Waals surface area contributed by atoms with E-state index in [1.807, 2.05) is 13.1 Å². The van der Waals surface area contributed by atoms with Gasteiger partial charge < -0.3 is 14.4 Å². The quantitative estimate of drug-likeness (QED) is 0.391. The third-order valence-corrected chi connectivity index (χ3v) is 8.13. The van der Waals surface area contributed by atoms with Crippen molar-refractivity contribution in [3.63, 3.8) is 0 Å². The summed E-state index contributed by atoms with van der Waals surface area (Å²) in [5, 5.41) is 0. The van der Waals surface area contributed by atoms with Crippen molar-refractivity contribution >= 4 is 34.2 Å². The lowest BCUT2D eigenvalue weighted by molar-refractivity contribution is -0.117. The van der Waals surface area contributed by atoms with E-state index in [4.69, 9.17) is 9.47 Å². The van der Waals surface area contributed by atoms with Gasteiger partial charge in [-0.15, -0.1) is 0 Å². The maximum Gasteiger partial charge on any atom is 0.174 e. The molecule has 2 aromatic carbocycles. The molecule has 0 saturated heterocycles. The van der Waals surface area contributed by atoms with Crippen LogP contribution in [0.5, 0.6) is 11.5 Å². The summed E-state index contributed by atoms with van der Waals surface area (Å²) in [7, 11) is 3.65. The van der Waals surface area contributed by atoms with E-state index >= 15 is 0 Å². The maximum absolute atomic E-state index is 13.3. The number of rotatable bonds is 5. The van der Waals surface area contributed by atoms with Gasteiger partial charge >= 0.3 is 0 Å². The molecule has 0 saturated carbocycles. The molecule has 1 aliphatic heterocycles. The van der Waals surface area contributed by atoms with E-state index in [9.17, 15) is 9.59 Å². The number of allylic oxidation sites excluding steroid dienone is 4. The van der Waals surface area contributed by atoms with E-state index in [0.717, 1.165) is 62.9 Å². The number of Topliss-reactive ketones (excluding diaryl/α,β-unsaturated/α-hetero) is 2. The second-order valence-electron chi connectivity index (χ2n) is 9.57. The Morgan fingerprint density at radius 3 is 2.11 bits per heavy atom. The van der Waals surface area contributed by atoms with E-state index in [1.54, 1.807) is 7.11 Å². The predicted molar refractivity (Wildman–Crippen MR) is 143 cm³/mol. The van der Waals surface area contributed by atoms with Crippen LogP contribution in [-0.4, -0.2) is 30.6 Å². The van der Waals surface area contributed by atoms with Crippen molar-refractivity contribution in [2.75, 3.05) is 14.2 Å². The summed E-state index contributed by atoms with van der Waals surface area (Å²) < 4.78 is 12.9. The first-order valence-electron chi connectivity index (χ1n) is 12.2. The molecule has 1 heterocycles. The van der Waals surface area contributed by atoms with Crippen LogP contribution in [0.3, 0.4) is 0 Å². The van der Waals surface area contributed by atoms with Crippen LogP contribution in [0.25, 0.3) is 0 Å². The summed E-state index contributed by atoms with van der Waals surface area (Å²) in [5.74, 6) is 1.27. The maximum atomic E-state index is 13.3. The topological polar surface area (TPSA) is 55.8 Å². The van der Waals surface area contributed by atoms with Crippen LogP contribution in [0, 0.1) is 10.5 Å². The Kier molecular flexibility index (Phi) is 6.75. The highest BCUT2D eigenvalue weighted by Gasteiger charge is 2.42. The Morgan fingerprint density at radius 1 is 0.943 bits per heavy atom. The molecule has 2 aromatic rings. The zero-order valence-corrected chi connectivity index (χ0v) is 22.6. The van der Waals surface area contributed by atoms with Gasteiger partial charge in [-0.25, -0.2) is 0 Å². The fourth-order valence-corrected chi connectivity index (χ4v) is 6.35. The minimum atomic E-state index is -0.342. The Balaban J connectivity index is 1.57. The van der Waals surface area contributed by atoms with Crippen LogP contribution in [0.1, 0.15) is 61.1 Å². The summed E-state index contributed by atoms with van der Waals surface area (Å²) >= 11 is 2.27. The molecule has 0 radical (unpaired) electrons. The summed E-state index contributed by atoms with van der Waals surface area (Å²) in [6.45, 7) is 2.50. The third kappa shape index (κ3) is 4.41. The van der Waals surface area contributed by atoms with Crippen molar-refractivity contribution in [3.05, 3.63) is 79.2 Å². The lowest BCUT2D eigenvalue weighted by Gasteiger charge is -2.42. The van der Waals surface area contributed by atoms with Crippen LogP contribution in [0.2, 0.25) is 0 Å². The van der Waals surface area contributed by atoms with Crippen molar-refractivity contribution in [1.29, 1.82) is 0 Å². The zero-order chi connectivity index (χ0) is 24.7. The average Bonchev–Trinajstić information content (AvgIpc) is 2.85. The highest BCUT2D eigenvalue weighted by atomic mass is 127. The predicted octanol–water partition coefficient (Wildman–Crippen LogP) is 6.23. The first kappa shape index (κ1) is 24.1. The van der Waals surface area contributed by atoms with Crippen molar-refractivity contribution in [2.45, 2.75) is 58.0 Å². The molecule has 35 heavy (non-hydrogen) atoms. The van der Waals surface area contributed by atoms with Crippen LogP contribution < -0.4 is 9.47 Å². The number of methoxy groups -OCH3 is 1. The number of halogens is 1. The van der Waals surface area contributed by atoms with Gasteiger partial charge in [-0.3, -0.25) is 9.59 Å². The molecule has 3 aliphatic rings. The van der Waals surface area contributed by atoms with E-state index < -0.39 is 0 Å². The smallest absolute Gasteiger partial charge is 0.174 e. The highest BCUT2D eigenvalue weighted by molar-refractivity contribution is 14.1. The molecular formula is C29H30INO4. The van der Waals surface area contributed by atoms with Crippen molar-refractivity contribution in [2.24, 2.45) is 0 Å². The van der Waals surface area contributed by atoms with E-state index in [0.29, 0.717) is 30.9 Å². The molecule has 0 amide bonds. The second-order valence-corrected chi connectivity index (χ2v) is 10.7. The molecule has 0 aromatic heterocycles. The molecule has 6 heteroatoms. The number of nitrogens with zero attached hydrogens (tertiary/aromatic N) is 1. The third-order valence-electron chi connectivity index (χ3n) is 7.33. The number of hydrogen-bond acceptors (Lipinski definition) is 5. The Bertz CT molecular complexity index is 1210. The first-order chi connectivity index (χ1) is 16.9. The number of hydrogen-bond donors (Lipinski definition) is 0. The molecule has 2 aliphatic carbocycles. The van der Waals surface area contributed by atoms with Crippen LogP contribution >= 0.6 is 22.6 Å². The van der Waals surface area contributed by atoms with Gasteiger partial charge in [0.05, 0.1) is 10.7 Å². The van der Waals surface area contributed by atoms with E-state index in [2.05, 4.69) is 64.7 Å². The van der Waals surface area contributed by atoms with Crippen molar-refractivity contribution in [1.82, 2.24) is 4.90 Å². The lowest BCUT2D eigenvalue weighted by atomic mass is 9.71. The molecule has 0 unspecified atom stereocenters. The number of benzene rings is 2. The first-order valence-corrected chi connectivity index (χ1v) is 13.3. The normalized spacial score (nSPS) is 18.6. The van der Waals surface area contributed by atoms with Crippen LogP contribution in [0.4, 0.5) is 0 Å². The molecule has 0 N–H and O–H groups in total. The van der Waals surface area contributed by atoms with Gasteiger partial charge in [0.25, 0.3) is 0 Å². The number of carbonyl (C=O) groups is 2. The Hall–Kier alpha value is -2.61. The van der Waals surface area contributed by atoms with Gasteiger partial charge in [-0.1, -0.05) is 29.8 Å². The molecule has 5 rings (SSSR count). The van der Waals surface area contributed by atoms with Gasteiger partial charge in [0, 0.05) is 48.3 Å². The molecular weight excluding hydrogens is 553 g/mol. The summed E-state index contributed by atoms with van der Waals surface area (Å²) in [6, 6.07) is 12.3. The number of carbonyl (C=O) groups excluding carboxylic acids is 2. The van der Waals surface area contributed by atoms with Crippen LogP contribution in [-0.2, 0) is 16.2 Å². The molecule has 0 atom stereocenters. The largest absolute Gasteiger partial charge is 0.493 e. The molecule has 0 fully saturated rings. The van der Waals surface area contributed by atoms with Crippen LogP contribution in [0.15, 0.2) is 58.9 Å². The van der Waals surface area contributed by atoms with Gasteiger partial charge in [0.1, 0.15) is 6.61 Å². The number of aryl methyl sites for hydroxylation is 1. The van der Waals surface area contributed by atoms with Crippen molar-refractivity contribution < 1.29 is 19.1 Å². The summed E-state index contributed by atoms with van der Waals surface area (Å²) in [4.78, 5) is 28.6. The monoisotopic (exact) mass is 583 g/mol. The summed E-state index contributed by atoms with van der Waals surface area (Å²) in [6.07, 6.45) is 4.52. The summed E-state index contributed by atoms with van der Waals surface area (Å²) in [5.41, 5.74) is 6.95. The van der Waals surface area contributed by atoms with Gasteiger partial charge in [0.15, 0.2) is 23.1 Å². The highest BCUT2D eigenvalue weighted by Crippen LogP contribution is 2.50. The molecule has 0 spiro atoms. The fourth-order valence-electron chi connectivity index (χ4n) is 5.57. The molecule has 0 bridgehead atoms. The van der Waals surface area contributed by atoms with Gasteiger partial charge in [0.2, 0.25) is 0 Å². The SMILES string of the molecule is COc1cc(C2C3=C(CCCC3=O)N(C)C3=C2C(=O)CCC3)cc(I)c1OCc1ccc(C)cc1. The Labute approximate surface area is 220 Å². The number of ketones is 2. The fraction of sp³-hybridized carbons (Fsp3) is 0.379. The minimum Gasteiger partial charge on any atom is -0.493 e. The Morgan fingerprint density at radius 2 is 1.54 bits per heavy atom. The lowest BCUT2D eigenvalue weighted by Crippen LogP contribution is -2.37. The second kappa shape index (κ2) is 9.80. The van der Waals surface area contributed by atoms with E-state index in [1.165, 1.54) is 5.56 Å². The van der Waals surface area contributed by atoms with Gasteiger partial charge in [-0.05, 0) is 78.5 Å². The molecule has 182 valence electrons. The molecule has 5 nitrogen and oxygen atoms in total.